The molecule has 0 unspecified atom stereocenters. The number of para-hydroxylation sites is 3. The molecule has 0 aliphatic heterocycles. The maximum absolute atomic E-state index is 12.8. The Morgan fingerprint density at radius 1 is 1.09 bits per heavy atom. The number of ether oxygens (including phenoxy) is 1. The Balaban J connectivity index is 0.000000383. The second-order valence-electron chi connectivity index (χ2n) is 7.13. The van der Waals surface area contributed by atoms with E-state index in [9.17, 15) is 9.59 Å². The Morgan fingerprint density at radius 2 is 1.73 bits per heavy atom. The number of hydrogen-bond acceptors (Lipinski definition) is 6. The van der Waals surface area contributed by atoms with E-state index in [2.05, 4.69) is 36.0 Å². The molecule has 4 aromatic rings. The molecule has 2 heterocycles. The van der Waals surface area contributed by atoms with Gasteiger partial charge in [0.1, 0.15) is 16.3 Å². The number of thiazole rings is 1. The Morgan fingerprint density at radius 3 is 2.36 bits per heavy atom. The minimum Gasteiger partial charge on any atom is -0.495 e. The molecule has 0 saturated carbocycles. The topological polar surface area (TPSA) is 78.8 Å². The van der Waals surface area contributed by atoms with E-state index in [-0.39, 0.29) is 11.5 Å². The van der Waals surface area contributed by atoms with Crippen LogP contribution < -0.4 is 15.6 Å². The maximum Gasteiger partial charge on any atom is 0.269 e. The molecule has 7 nitrogen and oxygen atoms in total. The summed E-state index contributed by atoms with van der Waals surface area (Å²) in [5.41, 5.74) is 1.33. The van der Waals surface area contributed by atoms with Crippen LogP contribution in [0.25, 0.3) is 16.6 Å². The van der Waals surface area contributed by atoms with Crippen molar-refractivity contribution in [3.05, 3.63) is 67.7 Å². The molecule has 0 atom stereocenters. The minimum atomic E-state index is -0.362. The number of nitrogens with zero attached hydrogens (tertiary/aromatic N) is 2. The number of carbonyl (C=O) groups is 1. The van der Waals surface area contributed by atoms with Crippen LogP contribution in [0.4, 0.5) is 5.69 Å². The summed E-state index contributed by atoms with van der Waals surface area (Å²) < 4.78 is 7.46. The van der Waals surface area contributed by atoms with Gasteiger partial charge in [-0.3, -0.25) is 14.0 Å². The highest BCUT2D eigenvalue weighted by molar-refractivity contribution is 7.73. The molecule has 2 aromatic carbocycles. The Kier molecular flexibility index (Phi) is 8.37. The quantitative estimate of drug-likeness (QED) is 0.369. The number of amides is 1. The van der Waals surface area contributed by atoms with Crippen molar-refractivity contribution in [2.75, 3.05) is 32.1 Å². The van der Waals surface area contributed by atoms with Gasteiger partial charge in [0.05, 0.1) is 23.7 Å². The third-order valence-electron chi connectivity index (χ3n) is 5.34. The third-order valence-corrected chi connectivity index (χ3v) is 6.71. The maximum atomic E-state index is 12.8. The van der Waals surface area contributed by atoms with E-state index in [1.54, 1.807) is 34.7 Å². The van der Waals surface area contributed by atoms with Crippen LogP contribution >= 0.6 is 23.6 Å². The number of aromatic nitrogens is 2. The van der Waals surface area contributed by atoms with Gasteiger partial charge < -0.3 is 19.9 Å². The fourth-order valence-electron chi connectivity index (χ4n) is 3.49. The lowest BCUT2D eigenvalue weighted by molar-refractivity contribution is 0.103. The number of hydrogen-bond donors (Lipinski definition) is 2. The lowest BCUT2D eigenvalue weighted by atomic mass is 10.2. The number of anilines is 1. The van der Waals surface area contributed by atoms with Crippen LogP contribution in [0.1, 0.15) is 30.4 Å². The van der Waals surface area contributed by atoms with Gasteiger partial charge in [-0.05, 0) is 56.1 Å². The molecule has 9 heteroatoms. The van der Waals surface area contributed by atoms with Gasteiger partial charge in [0.25, 0.3) is 11.5 Å². The lowest BCUT2D eigenvalue weighted by Gasteiger charge is -2.13. The van der Waals surface area contributed by atoms with Crippen molar-refractivity contribution >= 4 is 51.7 Å². The smallest absolute Gasteiger partial charge is 0.269 e. The second kappa shape index (κ2) is 11.2. The van der Waals surface area contributed by atoms with Crippen molar-refractivity contribution in [2.45, 2.75) is 20.8 Å². The molecule has 0 fully saturated rings. The van der Waals surface area contributed by atoms with Gasteiger partial charge in [-0.15, -0.1) is 0 Å². The fraction of sp³-hybridized carbons (Fsp3) is 0.292. The fourth-order valence-corrected chi connectivity index (χ4v) is 4.77. The molecule has 0 spiro atoms. The summed E-state index contributed by atoms with van der Waals surface area (Å²) in [6.07, 6.45) is 0. The first-order chi connectivity index (χ1) is 15.9. The van der Waals surface area contributed by atoms with Crippen LogP contribution in [0, 0.1) is 3.95 Å². The van der Waals surface area contributed by atoms with Crippen LogP contribution in [-0.4, -0.2) is 46.9 Å². The highest BCUT2D eigenvalue weighted by Crippen LogP contribution is 2.27. The summed E-state index contributed by atoms with van der Waals surface area (Å²) in [5, 5.41) is 3.33. The van der Waals surface area contributed by atoms with E-state index in [1.165, 1.54) is 26.7 Å². The molecule has 2 aromatic heterocycles. The first kappa shape index (κ1) is 24.6. The first-order valence-electron chi connectivity index (χ1n) is 10.8. The molecular weight excluding hydrogens is 456 g/mol. The standard InChI is InChI=1S/C18H13N3O3S2.C6H15N/c1-24-13-9-5-3-7-11(13)19-17(23)14-15-20-16(22)10-6-2-4-8-12(10)21(15)18(25)26-14;1-4-7(5-2)6-3/h2-9H,1H3,(H,19,23)(H,20,22);4-6H2,1-3H3. The molecule has 0 saturated heterocycles. The highest BCUT2D eigenvalue weighted by Gasteiger charge is 2.19. The van der Waals surface area contributed by atoms with E-state index in [0.717, 1.165) is 11.3 Å². The van der Waals surface area contributed by atoms with Crippen molar-refractivity contribution in [2.24, 2.45) is 0 Å². The summed E-state index contributed by atoms with van der Waals surface area (Å²) >= 11 is 6.58. The summed E-state index contributed by atoms with van der Waals surface area (Å²) in [4.78, 5) is 30.7. The zero-order chi connectivity index (χ0) is 24.0. The second-order valence-corrected chi connectivity index (χ2v) is 8.77. The zero-order valence-electron chi connectivity index (χ0n) is 19.2. The third kappa shape index (κ3) is 5.32. The Hall–Kier alpha value is -3.01. The molecule has 174 valence electrons. The average molecular weight is 485 g/mol. The summed E-state index contributed by atoms with van der Waals surface area (Å²) in [5.74, 6) is 0.186. The molecule has 2 N–H and O–H groups in total. The van der Waals surface area contributed by atoms with Crippen LogP contribution in [-0.2, 0) is 0 Å². The van der Waals surface area contributed by atoms with Gasteiger partial charge in [-0.1, -0.05) is 56.4 Å². The predicted octanol–water partition coefficient (Wildman–Crippen LogP) is 5.18. The number of benzene rings is 2. The number of nitrogens with one attached hydrogen (secondary N) is 2. The van der Waals surface area contributed by atoms with Gasteiger partial charge in [-0.25, -0.2) is 0 Å². The van der Waals surface area contributed by atoms with Crippen molar-refractivity contribution in [1.82, 2.24) is 14.3 Å². The van der Waals surface area contributed by atoms with Crippen molar-refractivity contribution in [3.8, 4) is 5.75 Å². The Labute approximate surface area is 201 Å². The molecule has 33 heavy (non-hydrogen) atoms. The van der Waals surface area contributed by atoms with E-state index >= 15 is 0 Å². The number of methoxy groups -OCH3 is 1. The number of rotatable bonds is 6. The molecule has 0 radical (unpaired) electrons. The molecular formula is C24H28N4O3S2. The number of aromatic amines is 1. The lowest BCUT2D eigenvalue weighted by Crippen LogP contribution is -2.21. The zero-order valence-corrected chi connectivity index (χ0v) is 20.8. The minimum absolute atomic E-state index is 0.264. The molecule has 0 aliphatic carbocycles. The predicted molar refractivity (Wildman–Crippen MR) is 139 cm³/mol. The van der Waals surface area contributed by atoms with Crippen LogP contribution in [0.15, 0.2) is 53.3 Å². The van der Waals surface area contributed by atoms with Crippen LogP contribution in [0.3, 0.4) is 0 Å². The van der Waals surface area contributed by atoms with Crippen molar-refractivity contribution < 1.29 is 9.53 Å². The number of carbonyl (C=O) groups excluding carboxylic acids is 1. The molecule has 1 amide bonds. The van der Waals surface area contributed by atoms with Gasteiger partial charge >= 0.3 is 0 Å². The SMILES string of the molecule is CCN(CC)CC.COc1ccccc1NC(=O)c1sc(=S)n2c1[nH]c(=O)c1ccccc12. The van der Waals surface area contributed by atoms with Crippen LogP contribution in [0.5, 0.6) is 5.75 Å². The van der Waals surface area contributed by atoms with E-state index in [0.29, 0.717) is 36.8 Å². The van der Waals surface area contributed by atoms with Crippen molar-refractivity contribution in [1.29, 1.82) is 0 Å². The number of H-pyrrole nitrogens is 1. The monoisotopic (exact) mass is 484 g/mol. The molecule has 4 rings (SSSR count). The highest BCUT2D eigenvalue weighted by atomic mass is 32.1. The van der Waals surface area contributed by atoms with Crippen LogP contribution in [0.2, 0.25) is 0 Å². The van der Waals surface area contributed by atoms with Gasteiger partial charge in [0.15, 0.2) is 3.95 Å². The molecule has 0 bridgehead atoms. The number of fused-ring (bicyclic) bond motifs is 3. The normalized spacial score (nSPS) is 10.8. The van der Waals surface area contributed by atoms with Gasteiger partial charge in [0, 0.05) is 0 Å². The van der Waals surface area contributed by atoms with Gasteiger partial charge in [0.2, 0.25) is 0 Å². The van der Waals surface area contributed by atoms with Gasteiger partial charge in [-0.2, -0.15) is 0 Å². The molecule has 0 aliphatic rings. The Bertz CT molecular complexity index is 1360. The first-order valence-corrected chi connectivity index (χ1v) is 12.0. The summed E-state index contributed by atoms with van der Waals surface area (Å²) in [6, 6.07) is 14.3. The average Bonchev–Trinajstić information content (AvgIpc) is 3.17. The van der Waals surface area contributed by atoms with E-state index in [4.69, 9.17) is 17.0 Å². The van der Waals surface area contributed by atoms with Crippen molar-refractivity contribution in [3.63, 3.8) is 0 Å². The summed E-state index contributed by atoms with van der Waals surface area (Å²) in [6.45, 7) is 10.1. The van der Waals surface area contributed by atoms with E-state index < -0.39 is 0 Å². The van der Waals surface area contributed by atoms with E-state index in [1.807, 2.05) is 18.2 Å². The summed E-state index contributed by atoms with van der Waals surface area (Å²) in [7, 11) is 1.53. The largest absolute Gasteiger partial charge is 0.495 e.